The highest BCUT2D eigenvalue weighted by Gasteiger charge is 2.28. The summed E-state index contributed by atoms with van der Waals surface area (Å²) in [6.45, 7) is 0. The molecule has 17 heavy (non-hydrogen) atoms. The number of hydrogen-bond donors (Lipinski definition) is 1. The van der Waals surface area contributed by atoms with Crippen LogP contribution in [0, 0.1) is 0 Å². The lowest BCUT2D eigenvalue weighted by atomic mass is 10.2. The van der Waals surface area contributed by atoms with Gasteiger partial charge in [-0.05, 0) is 24.5 Å². The van der Waals surface area contributed by atoms with Crippen molar-refractivity contribution in [1.82, 2.24) is 20.2 Å². The van der Waals surface area contributed by atoms with Crippen molar-refractivity contribution in [2.24, 2.45) is 0 Å². The summed E-state index contributed by atoms with van der Waals surface area (Å²) < 4.78 is 0. The molecule has 1 N–H and O–H groups in total. The molecule has 0 saturated heterocycles. The monoisotopic (exact) mass is 230 g/mol. The average molecular weight is 230 g/mol. The Morgan fingerprint density at radius 1 is 1.18 bits per heavy atom. The van der Waals surface area contributed by atoms with Crippen LogP contribution in [0.25, 0.3) is 11.4 Å². The molecule has 2 aromatic rings. The quantitative estimate of drug-likeness (QED) is 0.847. The SMILES string of the molecule is O[C@H]1CCC[C@@H]1n1nnc(-c2ccccc2)n1. The third kappa shape index (κ3) is 1.93. The van der Waals surface area contributed by atoms with Crippen molar-refractivity contribution in [1.29, 1.82) is 0 Å². The maximum absolute atomic E-state index is 9.79. The van der Waals surface area contributed by atoms with E-state index in [4.69, 9.17) is 0 Å². The zero-order valence-corrected chi connectivity index (χ0v) is 9.40. The van der Waals surface area contributed by atoms with E-state index < -0.39 is 0 Å². The number of rotatable bonds is 2. The molecule has 3 rings (SSSR count). The molecule has 0 bridgehead atoms. The van der Waals surface area contributed by atoms with Gasteiger partial charge in [-0.3, -0.25) is 0 Å². The predicted molar refractivity (Wildman–Crippen MR) is 62.1 cm³/mol. The molecule has 0 unspecified atom stereocenters. The van der Waals surface area contributed by atoms with Gasteiger partial charge >= 0.3 is 0 Å². The largest absolute Gasteiger partial charge is 0.391 e. The number of nitrogens with zero attached hydrogens (tertiary/aromatic N) is 4. The summed E-state index contributed by atoms with van der Waals surface area (Å²) in [7, 11) is 0. The third-order valence-electron chi connectivity index (χ3n) is 3.20. The van der Waals surface area contributed by atoms with Crippen molar-refractivity contribution < 1.29 is 5.11 Å². The Morgan fingerprint density at radius 2 is 2.00 bits per heavy atom. The lowest BCUT2D eigenvalue weighted by Gasteiger charge is -2.11. The van der Waals surface area contributed by atoms with E-state index in [1.807, 2.05) is 30.3 Å². The van der Waals surface area contributed by atoms with Gasteiger partial charge in [0.1, 0.15) is 0 Å². The van der Waals surface area contributed by atoms with Gasteiger partial charge in [0.05, 0.1) is 12.1 Å². The maximum atomic E-state index is 9.79. The minimum Gasteiger partial charge on any atom is -0.391 e. The number of aliphatic hydroxyl groups is 1. The second kappa shape index (κ2) is 4.25. The van der Waals surface area contributed by atoms with Gasteiger partial charge in [-0.25, -0.2) is 0 Å². The van der Waals surface area contributed by atoms with E-state index in [9.17, 15) is 5.11 Å². The predicted octanol–water partition coefficient (Wildman–Crippen LogP) is 1.43. The molecule has 1 heterocycles. The molecular formula is C12H14N4O. The molecule has 0 amide bonds. The summed E-state index contributed by atoms with van der Waals surface area (Å²) in [5, 5.41) is 22.2. The second-order valence-corrected chi connectivity index (χ2v) is 4.37. The van der Waals surface area contributed by atoms with E-state index in [-0.39, 0.29) is 12.1 Å². The number of benzene rings is 1. The van der Waals surface area contributed by atoms with Crippen molar-refractivity contribution in [3.05, 3.63) is 30.3 Å². The minimum atomic E-state index is -0.340. The van der Waals surface area contributed by atoms with Crippen LogP contribution in [0.5, 0.6) is 0 Å². The fraction of sp³-hybridized carbons (Fsp3) is 0.417. The van der Waals surface area contributed by atoms with Crippen molar-refractivity contribution in [2.75, 3.05) is 0 Å². The lowest BCUT2D eigenvalue weighted by Crippen LogP contribution is -2.20. The molecule has 1 saturated carbocycles. The molecule has 1 aromatic carbocycles. The molecule has 5 heteroatoms. The highest BCUT2D eigenvalue weighted by molar-refractivity contribution is 5.52. The van der Waals surface area contributed by atoms with E-state index >= 15 is 0 Å². The standard InChI is InChI=1S/C12H14N4O/c17-11-8-4-7-10(11)16-14-12(13-15-16)9-5-2-1-3-6-9/h1-3,5-6,10-11,17H,4,7-8H2/t10-,11-/m0/s1. The Bertz CT molecular complexity index is 496. The Labute approximate surface area is 99.1 Å². The van der Waals surface area contributed by atoms with Gasteiger partial charge < -0.3 is 5.11 Å². The van der Waals surface area contributed by atoms with E-state index in [0.29, 0.717) is 5.82 Å². The summed E-state index contributed by atoms with van der Waals surface area (Å²) in [6, 6.07) is 9.73. The smallest absolute Gasteiger partial charge is 0.204 e. The van der Waals surface area contributed by atoms with Gasteiger partial charge in [-0.1, -0.05) is 30.3 Å². The summed E-state index contributed by atoms with van der Waals surface area (Å²) >= 11 is 0. The molecule has 2 atom stereocenters. The Morgan fingerprint density at radius 3 is 2.71 bits per heavy atom. The molecular weight excluding hydrogens is 216 g/mol. The van der Waals surface area contributed by atoms with E-state index in [2.05, 4.69) is 15.4 Å². The molecule has 1 aromatic heterocycles. The van der Waals surface area contributed by atoms with Crippen LogP contribution in [0.15, 0.2) is 30.3 Å². The van der Waals surface area contributed by atoms with Crippen LogP contribution < -0.4 is 0 Å². The number of aliphatic hydroxyl groups excluding tert-OH is 1. The fourth-order valence-electron chi connectivity index (χ4n) is 2.26. The highest BCUT2D eigenvalue weighted by atomic mass is 16.3. The van der Waals surface area contributed by atoms with Crippen LogP contribution in [0.1, 0.15) is 25.3 Å². The van der Waals surface area contributed by atoms with Gasteiger partial charge in [-0.15, -0.1) is 10.2 Å². The fourth-order valence-corrected chi connectivity index (χ4v) is 2.26. The normalized spacial score (nSPS) is 24.1. The van der Waals surface area contributed by atoms with Crippen LogP contribution in [0.3, 0.4) is 0 Å². The Hall–Kier alpha value is -1.75. The van der Waals surface area contributed by atoms with Crippen LogP contribution >= 0.6 is 0 Å². The topological polar surface area (TPSA) is 63.8 Å². The third-order valence-corrected chi connectivity index (χ3v) is 3.20. The molecule has 0 spiro atoms. The Balaban J connectivity index is 1.88. The van der Waals surface area contributed by atoms with Crippen LogP contribution in [0.2, 0.25) is 0 Å². The van der Waals surface area contributed by atoms with Gasteiger partial charge in [0.2, 0.25) is 5.82 Å². The van der Waals surface area contributed by atoms with Crippen LogP contribution in [-0.4, -0.2) is 31.4 Å². The molecule has 1 aliphatic carbocycles. The summed E-state index contributed by atoms with van der Waals surface area (Å²) in [5.41, 5.74) is 0.950. The minimum absolute atomic E-state index is 0.0139. The van der Waals surface area contributed by atoms with E-state index in [1.54, 1.807) is 4.80 Å². The first-order chi connectivity index (χ1) is 8.34. The molecule has 0 aliphatic heterocycles. The first kappa shape index (κ1) is 10.4. The van der Waals surface area contributed by atoms with E-state index in [1.165, 1.54) is 0 Å². The first-order valence-corrected chi connectivity index (χ1v) is 5.87. The van der Waals surface area contributed by atoms with E-state index in [0.717, 1.165) is 24.8 Å². The number of aromatic nitrogens is 4. The lowest BCUT2D eigenvalue weighted by molar-refractivity contribution is 0.121. The van der Waals surface area contributed by atoms with Crippen molar-refractivity contribution >= 4 is 0 Å². The van der Waals surface area contributed by atoms with Gasteiger partial charge in [-0.2, -0.15) is 4.80 Å². The van der Waals surface area contributed by atoms with Gasteiger partial charge in [0, 0.05) is 5.56 Å². The molecule has 88 valence electrons. The Kier molecular flexibility index (Phi) is 2.60. The second-order valence-electron chi connectivity index (χ2n) is 4.37. The molecule has 0 radical (unpaired) electrons. The summed E-state index contributed by atoms with van der Waals surface area (Å²) in [4.78, 5) is 1.56. The number of tetrazole rings is 1. The molecule has 5 nitrogen and oxygen atoms in total. The van der Waals surface area contributed by atoms with Crippen molar-refractivity contribution in [2.45, 2.75) is 31.4 Å². The summed E-state index contributed by atoms with van der Waals surface area (Å²) in [6.07, 6.45) is 2.43. The summed E-state index contributed by atoms with van der Waals surface area (Å²) in [5.74, 6) is 0.615. The van der Waals surface area contributed by atoms with Crippen molar-refractivity contribution in [3.8, 4) is 11.4 Å². The highest BCUT2D eigenvalue weighted by Crippen LogP contribution is 2.28. The van der Waals surface area contributed by atoms with Crippen molar-refractivity contribution in [3.63, 3.8) is 0 Å². The number of hydrogen-bond acceptors (Lipinski definition) is 4. The zero-order valence-electron chi connectivity index (χ0n) is 9.40. The zero-order chi connectivity index (χ0) is 11.7. The van der Waals surface area contributed by atoms with Gasteiger partial charge in [0.25, 0.3) is 0 Å². The molecule has 1 aliphatic rings. The van der Waals surface area contributed by atoms with Gasteiger partial charge in [0.15, 0.2) is 0 Å². The first-order valence-electron chi connectivity index (χ1n) is 5.87. The maximum Gasteiger partial charge on any atom is 0.204 e. The average Bonchev–Trinajstić information content (AvgIpc) is 2.98. The molecule has 1 fully saturated rings. The van der Waals surface area contributed by atoms with Crippen LogP contribution in [-0.2, 0) is 0 Å². The van der Waals surface area contributed by atoms with Crippen LogP contribution in [0.4, 0.5) is 0 Å².